The van der Waals surface area contributed by atoms with Crippen molar-refractivity contribution >= 4 is 124 Å². The minimum absolute atomic E-state index is 0.0351. The molecule has 0 aliphatic heterocycles. The Kier molecular flexibility index (Phi) is 11.7. The molecule has 17 heteroatoms. The molecule has 215 valence electrons. The topological polar surface area (TPSA) is 17.1 Å². The summed E-state index contributed by atoms with van der Waals surface area (Å²) in [7, 11) is 40.5. The van der Waals surface area contributed by atoms with Crippen LogP contribution in [0.5, 0.6) is 0 Å². The van der Waals surface area contributed by atoms with Crippen LogP contribution >= 0.6 is 12.1 Å². The maximum atomic E-state index is 12.0. The van der Waals surface area contributed by atoms with E-state index in [0.717, 1.165) is 23.0 Å². The average Bonchev–Trinajstić information content (AvgIpc) is 3.29. The molecule has 7 rings (SSSR count). The summed E-state index contributed by atoms with van der Waals surface area (Å²) in [6.45, 7) is 9.34. The van der Waals surface area contributed by atoms with Gasteiger partial charge in [0.25, 0.3) is 0 Å². The van der Waals surface area contributed by atoms with Crippen molar-refractivity contribution in [1.29, 1.82) is 0 Å². The van der Waals surface area contributed by atoms with Gasteiger partial charge in [-0.15, -0.1) is 0 Å². The van der Waals surface area contributed by atoms with Crippen LogP contribution in [0.4, 0.5) is 0 Å². The first kappa shape index (κ1) is 38.3. The first-order valence-corrected chi connectivity index (χ1v) is 17.5. The molecule has 15 radical (unpaired) electrons. The number of fused-ring (bicyclic) bond motifs is 5. The van der Waals surface area contributed by atoms with Crippen molar-refractivity contribution < 1.29 is 4.79 Å². The normalized spacial score (nSPS) is 19.9. The van der Waals surface area contributed by atoms with E-state index in [0.29, 0.717) is 0 Å². The quantitative estimate of drug-likeness (QED) is 0.218. The molecule has 0 atom stereocenters. The van der Waals surface area contributed by atoms with Crippen molar-refractivity contribution in [1.82, 2.24) is 0 Å². The van der Waals surface area contributed by atoms with Crippen LogP contribution in [0.25, 0.3) is 11.1 Å². The zero-order valence-corrected chi connectivity index (χ0v) is 29.9. The van der Waals surface area contributed by atoms with Crippen LogP contribution in [-0.2, 0) is 16.2 Å². The molecule has 3 aromatic carbocycles. The van der Waals surface area contributed by atoms with Gasteiger partial charge in [0, 0.05) is 22.1 Å². The van der Waals surface area contributed by atoms with Gasteiger partial charge in [0.1, 0.15) is 0 Å². The Morgan fingerprint density at radius 2 is 1.29 bits per heavy atom. The fraction of sp³-hybridized carbons (Fsp3) is 0.344. The fourth-order valence-electron chi connectivity index (χ4n) is 8.36. The molecule has 0 N–H and O–H groups in total. The number of hydrogen-bond donors (Lipinski definition) is 0. The Morgan fingerprint density at radius 3 is 1.82 bits per heavy atom. The molecule has 1 nitrogen and oxygen atoms in total. The summed E-state index contributed by atoms with van der Waals surface area (Å²) in [6.07, 6.45) is 2.63. The van der Waals surface area contributed by atoms with E-state index in [1.165, 1.54) is 72.2 Å². The first-order valence-electron chi connectivity index (χ1n) is 17.1. The second kappa shape index (κ2) is 15.0. The SMILES string of the molecule is CC12CCC(C)(CC1)c1cc(C=O)c(C#Cc3ccc4c(c3)C(C)(C)c3ccccc3-4)cc12.[B][B]B(B([B])[B])B(B=S)B(B([B])[B])B([B])[B]. The molecule has 2 bridgehead atoms. The second-order valence-electron chi connectivity index (χ2n) is 15.2. The number of rotatable bonds is 8. The summed E-state index contributed by atoms with van der Waals surface area (Å²) in [5.41, 5.74) is 11.1. The molecular weight excluding hydrogens is 595 g/mol. The minimum atomic E-state index is -0.717. The van der Waals surface area contributed by atoms with E-state index in [1.54, 1.807) is 0 Å². The third kappa shape index (κ3) is 7.26. The molecule has 0 amide bonds. The van der Waals surface area contributed by atoms with Crippen molar-refractivity contribution in [3.8, 4) is 23.0 Å². The monoisotopic (exact) mass is 627 g/mol. The molecule has 0 spiro atoms. The van der Waals surface area contributed by atoms with Crippen molar-refractivity contribution in [2.75, 3.05) is 0 Å². The van der Waals surface area contributed by atoms with Crippen molar-refractivity contribution in [2.45, 2.75) is 69.6 Å². The van der Waals surface area contributed by atoms with Gasteiger partial charge in [0.05, 0.1) is 0 Å². The Bertz CT molecular complexity index is 1780. The summed E-state index contributed by atoms with van der Waals surface area (Å²) >= 11 is 4.92. The van der Waals surface area contributed by atoms with Crippen LogP contribution in [0.15, 0.2) is 54.6 Å². The third-order valence-corrected chi connectivity index (χ3v) is 11.9. The number of carbonyl (C=O) groups is 1. The Morgan fingerprint density at radius 1 is 0.714 bits per heavy atom. The molecule has 0 saturated heterocycles. The van der Waals surface area contributed by atoms with Crippen LogP contribution in [0, 0.1) is 11.8 Å². The van der Waals surface area contributed by atoms with Gasteiger partial charge in [0.2, 0.25) is 0 Å². The molecule has 3 aromatic rings. The predicted molar refractivity (Wildman–Crippen MR) is 229 cm³/mol. The number of hydrogen-bond acceptors (Lipinski definition) is 2. The van der Waals surface area contributed by atoms with Gasteiger partial charge in [-0.2, -0.15) is 0 Å². The van der Waals surface area contributed by atoms with E-state index in [2.05, 4.69) is 94.1 Å². The van der Waals surface area contributed by atoms with E-state index in [1.807, 2.05) is 0 Å². The maximum absolute atomic E-state index is 12.0. The van der Waals surface area contributed by atoms with Gasteiger partial charge in [-0.3, -0.25) is 4.79 Å². The fourth-order valence-corrected chi connectivity index (χ4v) is 8.72. The zero-order chi connectivity index (χ0) is 35.9. The van der Waals surface area contributed by atoms with Crippen molar-refractivity contribution in [3.63, 3.8) is 0 Å². The van der Waals surface area contributed by atoms with E-state index in [9.17, 15) is 4.79 Å². The third-order valence-electron chi connectivity index (χ3n) is 11.6. The second-order valence-corrected chi connectivity index (χ2v) is 15.5. The van der Waals surface area contributed by atoms with Gasteiger partial charge < -0.3 is 0 Å². The summed E-state index contributed by atoms with van der Waals surface area (Å²) < 4.78 is 0. The van der Waals surface area contributed by atoms with Crippen LogP contribution in [0.1, 0.15) is 97.1 Å². The van der Waals surface area contributed by atoms with Gasteiger partial charge >= 0.3 is 118 Å². The molecule has 0 unspecified atom stereocenters. The Balaban J connectivity index is 0.000000250. The predicted octanol–water partition coefficient (Wildman–Crippen LogP) is 2.24. The molecular formula is C32H30B15OS. The van der Waals surface area contributed by atoms with Crippen molar-refractivity contribution in [3.05, 3.63) is 93.5 Å². The van der Waals surface area contributed by atoms with Crippen molar-refractivity contribution in [2.24, 2.45) is 0 Å². The number of aldehydes is 1. The molecule has 1 saturated carbocycles. The molecule has 0 aromatic heterocycles. The van der Waals surface area contributed by atoms with E-state index < -0.39 is 25.5 Å². The van der Waals surface area contributed by atoms with Crippen LogP contribution < -0.4 is 0 Å². The van der Waals surface area contributed by atoms with Gasteiger partial charge in [-0.1, -0.05) is 69.9 Å². The molecule has 4 aliphatic rings. The molecule has 1 fully saturated rings. The summed E-state index contributed by atoms with van der Waals surface area (Å²) in [5, 5.41) is 0. The Hall–Kier alpha value is -1.92. The number of carbonyl (C=O) groups excluding carboxylic acids is 1. The van der Waals surface area contributed by atoms with Crippen LogP contribution in [0.3, 0.4) is 0 Å². The zero-order valence-electron chi connectivity index (χ0n) is 29.1. The standard InChI is InChI=1S/C32H30O.B15S/c1-30(2)26-8-6-5-7-24(26)25-12-10-21(17-27(25)30)9-11-22-18-28-29(19-23(22)20-33)32(4)15-13-31(28,3)14-16-32;1-8-13(10(2)3)14(9-16)15(11(4)5)12(6)7/h5-8,10,12,17-20H,13-16H2,1-4H3;. The molecule has 4 aliphatic carbocycles. The molecule has 0 heterocycles. The summed E-state index contributed by atoms with van der Waals surface area (Å²) in [6, 6.07) is 21.1. The molecule has 49 heavy (non-hydrogen) atoms. The van der Waals surface area contributed by atoms with Gasteiger partial charge in [-0.25, -0.2) is 0 Å². The van der Waals surface area contributed by atoms with Gasteiger partial charge in [0.15, 0.2) is 6.29 Å². The summed E-state index contributed by atoms with van der Waals surface area (Å²) in [4.78, 5) is 12.0. The van der Waals surface area contributed by atoms with Crippen LogP contribution in [0.2, 0.25) is 0 Å². The van der Waals surface area contributed by atoms with E-state index in [4.69, 9.17) is 66.2 Å². The number of benzene rings is 3. The summed E-state index contributed by atoms with van der Waals surface area (Å²) in [5.74, 6) is 6.77. The Labute approximate surface area is 313 Å². The van der Waals surface area contributed by atoms with Gasteiger partial charge in [-0.05, 0) is 94.2 Å². The first-order chi connectivity index (χ1) is 23.1. The average molecular weight is 625 g/mol. The van der Waals surface area contributed by atoms with E-state index >= 15 is 0 Å². The van der Waals surface area contributed by atoms with E-state index in [-0.39, 0.29) is 29.0 Å². The van der Waals surface area contributed by atoms with Crippen LogP contribution in [-0.4, -0.2) is 112 Å².